The van der Waals surface area contributed by atoms with Gasteiger partial charge in [0.15, 0.2) is 0 Å². The SMILES string of the molecule is C=CCc1cc2cccc(C(=O)O)c2c(C(=O)O)c1CC=C. The van der Waals surface area contributed by atoms with Gasteiger partial charge in [-0.25, -0.2) is 9.59 Å². The molecule has 2 rings (SSSR count). The molecular formula is C18H16O4. The Kier molecular flexibility index (Phi) is 4.41. The lowest BCUT2D eigenvalue weighted by Crippen LogP contribution is -2.10. The molecule has 0 radical (unpaired) electrons. The lowest BCUT2D eigenvalue weighted by molar-refractivity contribution is 0.0694. The van der Waals surface area contributed by atoms with E-state index in [2.05, 4.69) is 13.2 Å². The Hall–Kier alpha value is -2.88. The minimum Gasteiger partial charge on any atom is -0.478 e. The van der Waals surface area contributed by atoms with Crippen LogP contribution < -0.4 is 0 Å². The molecule has 0 aliphatic heterocycles. The summed E-state index contributed by atoms with van der Waals surface area (Å²) < 4.78 is 0. The van der Waals surface area contributed by atoms with Crippen molar-refractivity contribution in [3.8, 4) is 0 Å². The lowest BCUT2D eigenvalue weighted by Gasteiger charge is -2.15. The minimum absolute atomic E-state index is 0.00892. The van der Waals surface area contributed by atoms with Gasteiger partial charge in [0.1, 0.15) is 0 Å². The van der Waals surface area contributed by atoms with Gasteiger partial charge in [0.05, 0.1) is 11.1 Å². The van der Waals surface area contributed by atoms with E-state index in [1.54, 1.807) is 24.3 Å². The zero-order valence-corrected chi connectivity index (χ0v) is 12.0. The molecule has 22 heavy (non-hydrogen) atoms. The van der Waals surface area contributed by atoms with Crippen LogP contribution in [0.3, 0.4) is 0 Å². The molecule has 0 aliphatic carbocycles. The third kappa shape index (κ3) is 2.63. The minimum atomic E-state index is -1.14. The maximum Gasteiger partial charge on any atom is 0.336 e. The van der Waals surface area contributed by atoms with Crippen molar-refractivity contribution in [2.45, 2.75) is 12.8 Å². The van der Waals surface area contributed by atoms with Crippen LogP contribution in [0.15, 0.2) is 49.6 Å². The third-order valence-electron chi connectivity index (χ3n) is 3.52. The van der Waals surface area contributed by atoms with Gasteiger partial charge in [-0.05, 0) is 35.4 Å². The molecule has 0 saturated carbocycles. The van der Waals surface area contributed by atoms with E-state index in [4.69, 9.17) is 0 Å². The van der Waals surface area contributed by atoms with Gasteiger partial charge < -0.3 is 10.2 Å². The van der Waals surface area contributed by atoms with Crippen molar-refractivity contribution in [3.05, 3.63) is 71.8 Å². The largest absolute Gasteiger partial charge is 0.478 e. The molecule has 0 unspecified atom stereocenters. The van der Waals surface area contributed by atoms with Crippen LogP contribution >= 0.6 is 0 Å². The van der Waals surface area contributed by atoms with Crippen molar-refractivity contribution in [2.24, 2.45) is 0 Å². The number of carbonyl (C=O) groups is 2. The van der Waals surface area contributed by atoms with E-state index in [0.717, 1.165) is 5.56 Å². The Morgan fingerprint density at radius 3 is 2.27 bits per heavy atom. The van der Waals surface area contributed by atoms with Gasteiger partial charge in [0, 0.05) is 5.39 Å². The Morgan fingerprint density at radius 1 is 1.05 bits per heavy atom. The van der Waals surface area contributed by atoms with E-state index < -0.39 is 11.9 Å². The molecule has 2 N–H and O–H groups in total. The predicted molar refractivity (Wildman–Crippen MR) is 85.7 cm³/mol. The molecule has 2 aromatic carbocycles. The molecule has 0 heterocycles. The number of carboxylic acids is 2. The molecule has 2 aromatic rings. The third-order valence-corrected chi connectivity index (χ3v) is 3.52. The Morgan fingerprint density at radius 2 is 1.73 bits per heavy atom. The van der Waals surface area contributed by atoms with Gasteiger partial charge in [-0.2, -0.15) is 0 Å². The van der Waals surface area contributed by atoms with Crippen molar-refractivity contribution in [2.75, 3.05) is 0 Å². The zero-order valence-electron chi connectivity index (χ0n) is 12.0. The Balaban J connectivity index is 3.00. The van der Waals surface area contributed by atoms with Crippen LogP contribution in [0.1, 0.15) is 31.8 Å². The lowest BCUT2D eigenvalue weighted by atomic mass is 9.88. The molecule has 0 amide bonds. The number of allylic oxidation sites excluding steroid dienone is 2. The molecule has 0 fully saturated rings. The molecule has 0 aliphatic rings. The zero-order chi connectivity index (χ0) is 16.3. The smallest absolute Gasteiger partial charge is 0.336 e. The number of fused-ring (bicyclic) bond motifs is 1. The van der Waals surface area contributed by atoms with Crippen LogP contribution in [0.25, 0.3) is 10.8 Å². The summed E-state index contributed by atoms with van der Waals surface area (Å²) in [4.78, 5) is 23.2. The summed E-state index contributed by atoms with van der Waals surface area (Å²) in [7, 11) is 0. The Bertz CT molecular complexity index is 787. The summed E-state index contributed by atoms with van der Waals surface area (Å²) in [5.74, 6) is -2.28. The fraction of sp³-hybridized carbons (Fsp3) is 0.111. The molecule has 0 atom stereocenters. The maximum atomic E-state index is 11.8. The van der Waals surface area contributed by atoms with Gasteiger partial charge in [-0.1, -0.05) is 30.4 Å². The first kappa shape index (κ1) is 15.5. The molecule has 112 valence electrons. The number of rotatable bonds is 6. The van der Waals surface area contributed by atoms with Gasteiger partial charge in [-0.3, -0.25) is 0 Å². The molecule has 4 heteroatoms. The number of carboxylic acid groups (broad SMARTS) is 2. The standard InChI is InChI=1S/C18H16O4/c1-3-6-11-10-12-8-5-9-14(17(19)20)15(12)16(18(21)22)13(11)7-4-2/h3-5,8-10H,1-2,6-7H2,(H,19,20)(H,21,22). The first-order chi connectivity index (χ1) is 10.5. The van der Waals surface area contributed by atoms with Crippen LogP contribution in [-0.4, -0.2) is 22.2 Å². The second-order valence-electron chi connectivity index (χ2n) is 4.89. The summed E-state index contributed by atoms with van der Waals surface area (Å²) in [6.07, 6.45) is 4.18. The number of aromatic carboxylic acids is 2. The molecule has 0 saturated heterocycles. The van der Waals surface area contributed by atoms with Crippen LogP contribution in [0.2, 0.25) is 0 Å². The predicted octanol–water partition coefficient (Wildman–Crippen LogP) is 3.69. The van der Waals surface area contributed by atoms with Crippen LogP contribution in [0.5, 0.6) is 0 Å². The number of hydrogen-bond acceptors (Lipinski definition) is 2. The molecule has 4 nitrogen and oxygen atoms in total. The van der Waals surface area contributed by atoms with Crippen molar-refractivity contribution >= 4 is 22.7 Å². The van der Waals surface area contributed by atoms with E-state index in [-0.39, 0.29) is 16.5 Å². The monoisotopic (exact) mass is 296 g/mol. The highest BCUT2D eigenvalue weighted by Crippen LogP contribution is 2.30. The summed E-state index contributed by atoms with van der Waals surface area (Å²) in [5.41, 5.74) is 1.43. The average molecular weight is 296 g/mol. The number of benzene rings is 2. The average Bonchev–Trinajstić information content (AvgIpc) is 2.47. The van der Waals surface area contributed by atoms with E-state index in [0.29, 0.717) is 23.8 Å². The first-order valence-corrected chi connectivity index (χ1v) is 6.77. The van der Waals surface area contributed by atoms with Crippen molar-refractivity contribution < 1.29 is 19.8 Å². The molecule has 0 aromatic heterocycles. The second kappa shape index (κ2) is 6.26. The van der Waals surface area contributed by atoms with Crippen molar-refractivity contribution in [1.29, 1.82) is 0 Å². The normalized spacial score (nSPS) is 10.4. The molecular weight excluding hydrogens is 280 g/mol. The Labute approximate surface area is 128 Å². The van der Waals surface area contributed by atoms with Crippen molar-refractivity contribution in [1.82, 2.24) is 0 Å². The van der Waals surface area contributed by atoms with Crippen LogP contribution in [0, 0.1) is 0 Å². The van der Waals surface area contributed by atoms with Gasteiger partial charge >= 0.3 is 11.9 Å². The summed E-state index contributed by atoms with van der Waals surface area (Å²) in [5, 5.41) is 19.8. The van der Waals surface area contributed by atoms with E-state index in [1.807, 2.05) is 6.07 Å². The highest BCUT2D eigenvalue weighted by molar-refractivity contribution is 6.13. The van der Waals surface area contributed by atoms with Gasteiger partial charge in [0.25, 0.3) is 0 Å². The topological polar surface area (TPSA) is 74.6 Å². The maximum absolute atomic E-state index is 11.8. The van der Waals surface area contributed by atoms with Crippen LogP contribution in [0.4, 0.5) is 0 Å². The van der Waals surface area contributed by atoms with Crippen molar-refractivity contribution in [3.63, 3.8) is 0 Å². The summed E-state index contributed by atoms with van der Waals surface area (Å²) in [6.45, 7) is 7.35. The van der Waals surface area contributed by atoms with Gasteiger partial charge in [0.2, 0.25) is 0 Å². The van der Waals surface area contributed by atoms with Crippen LogP contribution in [-0.2, 0) is 12.8 Å². The fourth-order valence-electron chi connectivity index (χ4n) is 2.69. The van der Waals surface area contributed by atoms with E-state index >= 15 is 0 Å². The fourth-order valence-corrected chi connectivity index (χ4v) is 2.69. The quantitative estimate of drug-likeness (QED) is 0.797. The number of hydrogen-bond donors (Lipinski definition) is 2. The summed E-state index contributed by atoms with van der Waals surface area (Å²) >= 11 is 0. The second-order valence-corrected chi connectivity index (χ2v) is 4.89. The van der Waals surface area contributed by atoms with E-state index in [9.17, 15) is 19.8 Å². The molecule has 0 spiro atoms. The molecule has 0 bridgehead atoms. The first-order valence-electron chi connectivity index (χ1n) is 6.77. The van der Waals surface area contributed by atoms with Gasteiger partial charge in [-0.15, -0.1) is 13.2 Å². The summed E-state index contributed by atoms with van der Waals surface area (Å²) in [6, 6.07) is 6.58. The highest BCUT2D eigenvalue weighted by Gasteiger charge is 2.21. The highest BCUT2D eigenvalue weighted by atomic mass is 16.4. The van der Waals surface area contributed by atoms with E-state index in [1.165, 1.54) is 6.07 Å².